The Morgan fingerprint density at radius 1 is 1.58 bits per heavy atom. The van der Waals surface area contributed by atoms with Gasteiger partial charge in [0.1, 0.15) is 0 Å². The van der Waals surface area contributed by atoms with Crippen LogP contribution >= 0.6 is 11.3 Å². The van der Waals surface area contributed by atoms with Crippen molar-refractivity contribution in [3.05, 3.63) is 17.1 Å². The van der Waals surface area contributed by atoms with Crippen LogP contribution in [0.3, 0.4) is 0 Å². The molecule has 0 radical (unpaired) electrons. The van der Waals surface area contributed by atoms with E-state index in [1.54, 1.807) is 36.9 Å². The molecule has 0 spiro atoms. The lowest BCUT2D eigenvalue weighted by Crippen LogP contribution is -2.00. The Labute approximate surface area is 76.4 Å². The van der Waals surface area contributed by atoms with Crippen LogP contribution in [0.4, 0.5) is 0 Å². The van der Waals surface area contributed by atoms with Crippen molar-refractivity contribution < 1.29 is 9.53 Å². The molecule has 0 unspecified atom stereocenters. The molecular formula is C8H13NO2S. The summed E-state index contributed by atoms with van der Waals surface area (Å²) in [5.74, 6) is -0.123. The average Bonchev–Trinajstić information content (AvgIpc) is 2.62. The third-order valence-corrected chi connectivity index (χ3v) is 1.46. The van der Waals surface area contributed by atoms with E-state index in [1.807, 2.05) is 5.38 Å². The van der Waals surface area contributed by atoms with Gasteiger partial charge in [-0.1, -0.05) is 6.92 Å². The second-order valence-corrected chi connectivity index (χ2v) is 2.59. The number of esters is 1. The van der Waals surface area contributed by atoms with Crippen molar-refractivity contribution in [1.82, 2.24) is 4.98 Å². The molecule has 4 heteroatoms. The van der Waals surface area contributed by atoms with Crippen LogP contribution < -0.4 is 0 Å². The molecule has 0 atom stereocenters. The molecule has 1 heterocycles. The fraction of sp³-hybridized carbons (Fsp3) is 0.500. The van der Waals surface area contributed by atoms with Crippen LogP contribution in [0.5, 0.6) is 0 Å². The first-order valence-electron chi connectivity index (χ1n) is 3.79. The van der Waals surface area contributed by atoms with Crippen molar-refractivity contribution in [2.75, 3.05) is 6.61 Å². The van der Waals surface area contributed by atoms with E-state index in [-0.39, 0.29) is 5.97 Å². The van der Waals surface area contributed by atoms with Gasteiger partial charge in [0.25, 0.3) is 0 Å². The van der Waals surface area contributed by atoms with E-state index in [0.29, 0.717) is 13.0 Å². The predicted octanol–water partition coefficient (Wildman–Crippen LogP) is 2.10. The molecule has 0 bridgehead atoms. The number of hydrogen-bond donors (Lipinski definition) is 0. The highest BCUT2D eigenvalue weighted by Crippen LogP contribution is 1.85. The van der Waals surface area contributed by atoms with E-state index >= 15 is 0 Å². The Morgan fingerprint density at radius 3 is 2.50 bits per heavy atom. The van der Waals surface area contributed by atoms with E-state index in [4.69, 9.17) is 0 Å². The summed E-state index contributed by atoms with van der Waals surface area (Å²) in [5, 5.41) is 1.93. The predicted molar refractivity (Wildman–Crippen MR) is 49.0 cm³/mol. The monoisotopic (exact) mass is 187 g/mol. The van der Waals surface area contributed by atoms with Gasteiger partial charge in [-0.05, 0) is 6.92 Å². The van der Waals surface area contributed by atoms with Crippen molar-refractivity contribution in [3.8, 4) is 0 Å². The second kappa shape index (κ2) is 8.20. The molecule has 0 aromatic carbocycles. The second-order valence-electron chi connectivity index (χ2n) is 1.83. The van der Waals surface area contributed by atoms with Gasteiger partial charge in [0.05, 0.1) is 12.1 Å². The van der Waals surface area contributed by atoms with E-state index in [9.17, 15) is 4.79 Å². The molecule has 3 nitrogen and oxygen atoms in total. The summed E-state index contributed by atoms with van der Waals surface area (Å²) >= 11 is 1.60. The quantitative estimate of drug-likeness (QED) is 0.665. The normalized spacial score (nSPS) is 8.17. The fourth-order valence-electron chi connectivity index (χ4n) is 0.439. The van der Waals surface area contributed by atoms with E-state index in [2.05, 4.69) is 9.72 Å². The smallest absolute Gasteiger partial charge is 0.305 e. The maximum Gasteiger partial charge on any atom is 0.305 e. The highest BCUT2D eigenvalue weighted by Gasteiger charge is 1.91. The maximum absolute atomic E-state index is 10.2. The zero-order valence-electron chi connectivity index (χ0n) is 7.32. The molecule has 1 aromatic rings. The molecule has 0 fully saturated rings. The van der Waals surface area contributed by atoms with Gasteiger partial charge < -0.3 is 4.74 Å². The molecule has 0 aliphatic rings. The minimum absolute atomic E-state index is 0.123. The topological polar surface area (TPSA) is 39.2 Å². The van der Waals surface area contributed by atoms with Crippen LogP contribution in [-0.2, 0) is 9.53 Å². The van der Waals surface area contributed by atoms with Gasteiger partial charge >= 0.3 is 5.97 Å². The van der Waals surface area contributed by atoms with Crippen molar-refractivity contribution in [2.24, 2.45) is 0 Å². The minimum atomic E-state index is -0.123. The Bertz CT molecular complexity index is 170. The summed E-state index contributed by atoms with van der Waals surface area (Å²) in [6.07, 6.45) is 2.25. The Hall–Kier alpha value is -0.900. The van der Waals surface area contributed by atoms with Crippen LogP contribution in [-0.4, -0.2) is 17.6 Å². The molecule has 0 N–H and O–H groups in total. The lowest BCUT2D eigenvalue weighted by atomic mass is 10.5. The highest BCUT2D eigenvalue weighted by atomic mass is 32.1. The number of nitrogens with zero attached hydrogens (tertiary/aromatic N) is 1. The van der Waals surface area contributed by atoms with Gasteiger partial charge in [0, 0.05) is 18.0 Å². The number of carbonyl (C=O) groups is 1. The van der Waals surface area contributed by atoms with Crippen molar-refractivity contribution >= 4 is 17.3 Å². The molecule has 0 saturated carbocycles. The van der Waals surface area contributed by atoms with Gasteiger partial charge in [0.15, 0.2) is 0 Å². The fourth-order valence-corrected chi connectivity index (χ4v) is 0.790. The molecule has 68 valence electrons. The van der Waals surface area contributed by atoms with Crippen molar-refractivity contribution in [3.63, 3.8) is 0 Å². The standard InChI is InChI=1S/C5H10O2.C3H3NS/c1-3-5(6)7-4-2;1-2-5-3-4-1/h3-4H2,1-2H3;1-3H. The first-order valence-corrected chi connectivity index (χ1v) is 4.73. The largest absolute Gasteiger partial charge is 0.466 e. The lowest BCUT2D eigenvalue weighted by Gasteiger charge is -1.93. The number of rotatable bonds is 2. The third-order valence-electron chi connectivity index (χ3n) is 0.941. The van der Waals surface area contributed by atoms with Crippen molar-refractivity contribution in [1.29, 1.82) is 0 Å². The lowest BCUT2D eigenvalue weighted by molar-refractivity contribution is -0.142. The van der Waals surface area contributed by atoms with Crippen LogP contribution in [0.15, 0.2) is 17.1 Å². The van der Waals surface area contributed by atoms with Gasteiger partial charge in [-0.25, -0.2) is 0 Å². The van der Waals surface area contributed by atoms with Crippen LogP contribution in [0.1, 0.15) is 20.3 Å². The van der Waals surface area contributed by atoms with Gasteiger partial charge in [-0.3, -0.25) is 9.78 Å². The number of thiazole rings is 1. The zero-order valence-corrected chi connectivity index (χ0v) is 8.13. The number of aromatic nitrogens is 1. The number of ether oxygens (including phenoxy) is 1. The summed E-state index contributed by atoms with van der Waals surface area (Å²) in [4.78, 5) is 13.9. The Balaban J connectivity index is 0.000000211. The van der Waals surface area contributed by atoms with Gasteiger partial charge in [0.2, 0.25) is 0 Å². The van der Waals surface area contributed by atoms with Crippen molar-refractivity contribution in [2.45, 2.75) is 20.3 Å². The third kappa shape index (κ3) is 7.21. The average molecular weight is 187 g/mol. The Kier molecular flexibility index (Phi) is 7.58. The van der Waals surface area contributed by atoms with Gasteiger partial charge in [-0.15, -0.1) is 11.3 Å². The Morgan fingerprint density at radius 2 is 2.33 bits per heavy atom. The first-order chi connectivity index (χ1) is 5.81. The summed E-state index contributed by atoms with van der Waals surface area (Å²) in [6, 6.07) is 0. The summed E-state index contributed by atoms with van der Waals surface area (Å²) < 4.78 is 4.55. The number of carbonyl (C=O) groups excluding carboxylic acids is 1. The molecular weight excluding hydrogens is 174 g/mol. The molecule has 12 heavy (non-hydrogen) atoms. The van der Waals surface area contributed by atoms with Crippen LogP contribution in [0.25, 0.3) is 0 Å². The maximum atomic E-state index is 10.2. The molecule has 0 amide bonds. The van der Waals surface area contributed by atoms with Crippen LogP contribution in [0, 0.1) is 0 Å². The molecule has 0 aliphatic heterocycles. The summed E-state index contributed by atoms with van der Waals surface area (Å²) in [7, 11) is 0. The van der Waals surface area contributed by atoms with E-state index in [0.717, 1.165) is 0 Å². The summed E-state index contributed by atoms with van der Waals surface area (Å²) in [6.45, 7) is 4.07. The molecule has 0 saturated heterocycles. The highest BCUT2D eigenvalue weighted by molar-refractivity contribution is 7.07. The molecule has 0 aliphatic carbocycles. The molecule has 1 aromatic heterocycles. The summed E-state index contributed by atoms with van der Waals surface area (Å²) in [5.41, 5.74) is 1.79. The minimum Gasteiger partial charge on any atom is -0.466 e. The zero-order chi connectivity index (χ0) is 9.23. The molecule has 1 rings (SSSR count). The number of hydrogen-bond acceptors (Lipinski definition) is 4. The first kappa shape index (κ1) is 11.1. The van der Waals surface area contributed by atoms with Gasteiger partial charge in [-0.2, -0.15) is 0 Å². The van der Waals surface area contributed by atoms with E-state index in [1.165, 1.54) is 0 Å². The van der Waals surface area contributed by atoms with Crippen LogP contribution in [0.2, 0.25) is 0 Å². The SMILES string of the molecule is CCOC(=O)CC.c1cscn1. The van der Waals surface area contributed by atoms with E-state index < -0.39 is 0 Å².